The van der Waals surface area contributed by atoms with Crippen LogP contribution in [0.3, 0.4) is 0 Å². The van der Waals surface area contributed by atoms with Crippen molar-refractivity contribution in [2.45, 2.75) is 13.8 Å². The number of urea groups is 1. The largest absolute Gasteiger partial charge is 0.462 e. The lowest BCUT2D eigenvalue weighted by atomic mass is 10.1. The second-order valence-corrected chi connectivity index (χ2v) is 3.68. The maximum absolute atomic E-state index is 11.4. The van der Waals surface area contributed by atoms with E-state index in [1.807, 2.05) is 17.6 Å². The van der Waals surface area contributed by atoms with E-state index in [4.69, 9.17) is 4.42 Å². The Bertz CT molecular complexity index is 512. The topological polar surface area (TPSA) is 88.4 Å². The summed E-state index contributed by atoms with van der Waals surface area (Å²) in [4.78, 5) is 33.6. The summed E-state index contributed by atoms with van der Waals surface area (Å²) >= 11 is 0. The summed E-state index contributed by atoms with van der Waals surface area (Å²) in [5.74, 6) is -0.352. The van der Waals surface area contributed by atoms with Gasteiger partial charge in [-0.15, -0.1) is 0 Å². The van der Waals surface area contributed by atoms with Gasteiger partial charge in [0.05, 0.1) is 0 Å². The highest BCUT2D eigenvalue weighted by molar-refractivity contribution is 6.30. The summed E-state index contributed by atoms with van der Waals surface area (Å²) in [5, 5.41) is 3.96. The first-order valence-electron chi connectivity index (χ1n) is 4.93. The Hall–Kier alpha value is -2.37. The number of carbonyl (C=O) groups is 3. The summed E-state index contributed by atoms with van der Waals surface area (Å²) in [5.41, 5.74) is 0.767. The van der Waals surface area contributed by atoms with Gasteiger partial charge in [0.1, 0.15) is 17.1 Å². The molecule has 0 saturated carbocycles. The molecular formula is C11H10N2O4. The minimum Gasteiger partial charge on any atom is -0.462 e. The van der Waals surface area contributed by atoms with Crippen molar-refractivity contribution in [3.8, 4) is 0 Å². The van der Waals surface area contributed by atoms with Gasteiger partial charge in [0.25, 0.3) is 11.8 Å². The van der Waals surface area contributed by atoms with Crippen molar-refractivity contribution in [2.24, 2.45) is 0 Å². The minimum atomic E-state index is -0.816. The van der Waals surface area contributed by atoms with Crippen molar-refractivity contribution in [2.75, 3.05) is 0 Å². The minimum absolute atomic E-state index is 0.154. The average molecular weight is 234 g/mol. The number of amides is 4. The lowest BCUT2D eigenvalue weighted by Gasteiger charge is -2.13. The third kappa shape index (κ3) is 2.10. The first kappa shape index (κ1) is 11.1. The molecule has 1 aromatic rings. The first-order chi connectivity index (χ1) is 7.97. The van der Waals surface area contributed by atoms with Gasteiger partial charge in [-0.3, -0.25) is 20.2 Å². The predicted molar refractivity (Wildman–Crippen MR) is 57.8 cm³/mol. The molecule has 0 bridgehead atoms. The summed E-state index contributed by atoms with van der Waals surface area (Å²) in [7, 11) is 0. The molecule has 6 nitrogen and oxygen atoms in total. The molecule has 2 N–H and O–H groups in total. The van der Waals surface area contributed by atoms with Crippen molar-refractivity contribution in [3.63, 3.8) is 0 Å². The van der Waals surface area contributed by atoms with Crippen LogP contribution < -0.4 is 10.6 Å². The highest BCUT2D eigenvalue weighted by Gasteiger charge is 2.28. The van der Waals surface area contributed by atoms with Gasteiger partial charge in [-0.05, 0) is 31.6 Å². The van der Waals surface area contributed by atoms with Crippen molar-refractivity contribution in [1.29, 1.82) is 0 Å². The zero-order chi connectivity index (χ0) is 12.6. The van der Waals surface area contributed by atoms with Crippen LogP contribution in [0.5, 0.6) is 0 Å². The Labute approximate surface area is 96.7 Å². The summed E-state index contributed by atoms with van der Waals surface area (Å²) in [6.07, 6.45) is 1.30. The monoisotopic (exact) mass is 234 g/mol. The van der Waals surface area contributed by atoms with Crippen LogP contribution in [0.15, 0.2) is 16.1 Å². The van der Waals surface area contributed by atoms with Crippen LogP contribution in [-0.4, -0.2) is 17.8 Å². The quantitative estimate of drug-likeness (QED) is 0.551. The molecule has 17 heavy (non-hydrogen) atoms. The fourth-order valence-electron chi connectivity index (χ4n) is 1.42. The van der Waals surface area contributed by atoms with Gasteiger partial charge in [0, 0.05) is 0 Å². The molecule has 4 amide bonds. The maximum atomic E-state index is 11.4. The van der Waals surface area contributed by atoms with Crippen LogP contribution in [0.4, 0.5) is 4.79 Å². The van der Waals surface area contributed by atoms with Crippen molar-refractivity contribution in [1.82, 2.24) is 10.6 Å². The van der Waals surface area contributed by atoms with Gasteiger partial charge in [-0.1, -0.05) is 0 Å². The fraction of sp³-hybridized carbons (Fsp3) is 0.182. The summed E-state index contributed by atoms with van der Waals surface area (Å²) in [6.45, 7) is 3.63. The van der Waals surface area contributed by atoms with Gasteiger partial charge in [-0.25, -0.2) is 4.79 Å². The van der Waals surface area contributed by atoms with Crippen LogP contribution in [0, 0.1) is 13.8 Å². The normalized spacial score (nSPS) is 15.6. The van der Waals surface area contributed by atoms with E-state index >= 15 is 0 Å². The van der Waals surface area contributed by atoms with E-state index in [-0.39, 0.29) is 5.57 Å². The molecule has 6 heteroatoms. The third-order valence-corrected chi connectivity index (χ3v) is 2.42. The Morgan fingerprint density at radius 1 is 1.12 bits per heavy atom. The smallest absolute Gasteiger partial charge is 0.328 e. The standard InChI is InChI=1S/C11H10N2O4/c1-5-3-7(17-6(5)2)4-8-9(14)12-11(16)13-10(8)15/h3-4H,1-2H3,(H2,12,13,14,15,16). The fourth-order valence-corrected chi connectivity index (χ4v) is 1.42. The van der Waals surface area contributed by atoms with E-state index in [2.05, 4.69) is 0 Å². The molecule has 88 valence electrons. The van der Waals surface area contributed by atoms with Crippen LogP contribution >= 0.6 is 0 Å². The number of aryl methyl sites for hydroxylation is 2. The highest BCUT2D eigenvalue weighted by atomic mass is 16.3. The number of carbonyl (C=O) groups excluding carboxylic acids is 3. The molecular weight excluding hydrogens is 224 g/mol. The van der Waals surface area contributed by atoms with Gasteiger partial charge < -0.3 is 4.42 Å². The Kier molecular flexibility index (Phi) is 2.55. The molecule has 0 aliphatic carbocycles. The van der Waals surface area contributed by atoms with Crippen molar-refractivity contribution < 1.29 is 18.8 Å². The number of barbiturate groups is 1. The third-order valence-electron chi connectivity index (χ3n) is 2.42. The predicted octanol–water partition coefficient (Wildman–Crippen LogP) is 0.646. The molecule has 0 atom stereocenters. The number of furan rings is 1. The summed E-state index contributed by atoms with van der Waals surface area (Å²) < 4.78 is 5.32. The number of nitrogens with one attached hydrogen (secondary N) is 2. The van der Waals surface area contributed by atoms with E-state index in [1.54, 1.807) is 13.0 Å². The Morgan fingerprint density at radius 2 is 1.71 bits per heavy atom. The zero-order valence-corrected chi connectivity index (χ0v) is 9.29. The highest BCUT2D eigenvalue weighted by Crippen LogP contribution is 2.16. The molecule has 0 aromatic carbocycles. The molecule has 2 heterocycles. The van der Waals surface area contributed by atoms with Crippen LogP contribution in [-0.2, 0) is 9.59 Å². The average Bonchev–Trinajstić information content (AvgIpc) is 2.52. The van der Waals surface area contributed by atoms with E-state index in [9.17, 15) is 14.4 Å². The molecule has 1 saturated heterocycles. The van der Waals surface area contributed by atoms with Gasteiger partial charge >= 0.3 is 6.03 Å². The zero-order valence-electron chi connectivity index (χ0n) is 9.29. The van der Waals surface area contributed by atoms with E-state index in [1.165, 1.54) is 6.08 Å². The lowest BCUT2D eigenvalue weighted by molar-refractivity contribution is -0.123. The van der Waals surface area contributed by atoms with Crippen LogP contribution in [0.25, 0.3) is 6.08 Å². The van der Waals surface area contributed by atoms with E-state index in [0.29, 0.717) is 11.5 Å². The van der Waals surface area contributed by atoms with Crippen molar-refractivity contribution >= 4 is 23.9 Å². The number of hydrogen-bond acceptors (Lipinski definition) is 4. The second-order valence-electron chi connectivity index (χ2n) is 3.68. The van der Waals surface area contributed by atoms with Crippen LogP contribution in [0.1, 0.15) is 17.1 Å². The van der Waals surface area contributed by atoms with Crippen LogP contribution in [0.2, 0.25) is 0 Å². The molecule has 1 aliphatic heterocycles. The number of hydrogen-bond donors (Lipinski definition) is 2. The second kappa shape index (κ2) is 3.89. The van der Waals surface area contributed by atoms with Gasteiger partial charge in [0.2, 0.25) is 0 Å². The Balaban J connectivity index is 2.35. The number of imide groups is 2. The van der Waals surface area contributed by atoms with Crippen molar-refractivity contribution in [3.05, 3.63) is 28.7 Å². The molecule has 1 aromatic heterocycles. The molecule has 1 fully saturated rings. The number of rotatable bonds is 1. The molecule has 1 aliphatic rings. The Morgan fingerprint density at radius 3 is 2.18 bits per heavy atom. The maximum Gasteiger partial charge on any atom is 0.328 e. The lowest BCUT2D eigenvalue weighted by Crippen LogP contribution is -2.51. The SMILES string of the molecule is Cc1cc(C=C2C(=O)NC(=O)NC2=O)oc1C. The molecule has 0 radical (unpaired) electrons. The van der Waals surface area contributed by atoms with E-state index < -0.39 is 17.8 Å². The first-order valence-corrected chi connectivity index (χ1v) is 4.93. The van der Waals surface area contributed by atoms with E-state index in [0.717, 1.165) is 5.56 Å². The van der Waals surface area contributed by atoms with Gasteiger partial charge in [0.15, 0.2) is 0 Å². The molecule has 0 spiro atoms. The molecule has 2 rings (SSSR count). The summed E-state index contributed by atoms with van der Waals surface area (Å²) in [6, 6.07) is 0.892. The molecule has 0 unspecified atom stereocenters. The van der Waals surface area contributed by atoms with Gasteiger partial charge in [-0.2, -0.15) is 0 Å².